The first-order valence-corrected chi connectivity index (χ1v) is 8.15. The Bertz CT molecular complexity index is 592. The van der Waals surface area contributed by atoms with E-state index in [-0.39, 0.29) is 12.3 Å². The van der Waals surface area contributed by atoms with Crippen LogP contribution < -0.4 is 10.1 Å². The van der Waals surface area contributed by atoms with Crippen LogP contribution in [0.15, 0.2) is 30.9 Å². The highest BCUT2D eigenvalue weighted by Crippen LogP contribution is 2.29. The second kappa shape index (κ2) is 10.2. The zero-order valence-electron chi connectivity index (χ0n) is 14.6. The molecule has 0 aliphatic heterocycles. The van der Waals surface area contributed by atoms with Crippen LogP contribution >= 0.6 is 0 Å². The summed E-state index contributed by atoms with van der Waals surface area (Å²) in [7, 11) is 1.43. The van der Waals surface area contributed by atoms with E-state index in [9.17, 15) is 22.4 Å². The number of hydrogen-bond acceptors (Lipinski definition) is 4. The van der Waals surface area contributed by atoms with Gasteiger partial charge >= 0.3 is 6.36 Å². The topological polar surface area (TPSA) is 47.6 Å². The van der Waals surface area contributed by atoms with E-state index in [1.165, 1.54) is 13.2 Å². The zero-order valence-corrected chi connectivity index (χ0v) is 14.6. The minimum atomic E-state index is -4.98. The van der Waals surface area contributed by atoms with Gasteiger partial charge in [0.25, 0.3) is 0 Å². The van der Waals surface area contributed by atoms with Crippen LogP contribution in [0.5, 0.6) is 5.75 Å². The van der Waals surface area contributed by atoms with Gasteiger partial charge in [-0.15, -0.1) is 19.8 Å². The first-order chi connectivity index (χ1) is 12.2. The summed E-state index contributed by atoms with van der Waals surface area (Å²) in [4.78, 5) is 11.7. The van der Waals surface area contributed by atoms with Crippen LogP contribution in [-0.4, -0.2) is 31.9 Å². The average Bonchev–Trinajstić information content (AvgIpc) is 2.56. The Morgan fingerprint density at radius 1 is 1.23 bits per heavy atom. The van der Waals surface area contributed by atoms with Gasteiger partial charge in [-0.3, -0.25) is 0 Å². The normalized spacial score (nSPS) is 13.7. The van der Waals surface area contributed by atoms with Gasteiger partial charge in [-0.2, -0.15) is 0 Å². The number of hydrogen-bond donors (Lipinski definition) is 1. The highest BCUT2D eigenvalue weighted by atomic mass is 19.4. The summed E-state index contributed by atoms with van der Waals surface area (Å²) in [6.07, 6.45) is 1.35. The van der Waals surface area contributed by atoms with Crippen molar-refractivity contribution in [2.24, 2.45) is 0 Å². The highest BCUT2D eigenvalue weighted by molar-refractivity contribution is 5.71. The molecule has 0 heterocycles. The van der Waals surface area contributed by atoms with Crippen LogP contribution in [0, 0.1) is 5.82 Å². The maximum atomic E-state index is 13.8. The maximum absolute atomic E-state index is 13.8. The minimum absolute atomic E-state index is 0.0420. The summed E-state index contributed by atoms with van der Waals surface area (Å²) in [5.74, 6) is -2.12. The molecular formula is C18H23F4NO3. The molecule has 0 saturated carbocycles. The molecule has 0 saturated heterocycles. The van der Waals surface area contributed by atoms with Crippen molar-refractivity contribution >= 4 is 12.0 Å². The van der Waals surface area contributed by atoms with Crippen LogP contribution in [0.4, 0.5) is 23.2 Å². The lowest BCUT2D eigenvalue weighted by atomic mass is 9.93. The molecule has 26 heavy (non-hydrogen) atoms. The van der Waals surface area contributed by atoms with Crippen molar-refractivity contribution in [1.29, 1.82) is 0 Å². The molecule has 0 spiro atoms. The Balaban J connectivity index is 2.84. The molecule has 0 aliphatic carbocycles. The first-order valence-electron chi connectivity index (χ1n) is 8.15. The van der Waals surface area contributed by atoms with Crippen molar-refractivity contribution in [2.75, 3.05) is 19.0 Å². The summed E-state index contributed by atoms with van der Waals surface area (Å²) in [6, 6.07) is 2.93. The van der Waals surface area contributed by atoms with Gasteiger partial charge in [0.2, 0.25) is 0 Å². The van der Waals surface area contributed by atoms with Crippen LogP contribution in [0.25, 0.3) is 0 Å². The Morgan fingerprint density at radius 3 is 2.50 bits per heavy atom. The Morgan fingerprint density at radius 2 is 1.96 bits per heavy atom. The molecule has 1 aromatic carbocycles. The molecule has 4 nitrogen and oxygen atoms in total. The number of carbonyl (C=O) groups excluding carboxylic acids is 1. The van der Waals surface area contributed by atoms with E-state index in [0.29, 0.717) is 12.7 Å². The molecular weight excluding hydrogens is 354 g/mol. The average molecular weight is 377 g/mol. The number of halogens is 4. The van der Waals surface area contributed by atoms with E-state index in [0.717, 1.165) is 37.8 Å². The van der Waals surface area contributed by atoms with E-state index < -0.39 is 23.5 Å². The molecule has 1 N–H and O–H groups in total. The number of anilines is 1. The van der Waals surface area contributed by atoms with Crippen LogP contribution in [0.2, 0.25) is 0 Å². The lowest BCUT2D eigenvalue weighted by molar-refractivity contribution is -0.275. The third-order valence-corrected chi connectivity index (χ3v) is 3.71. The van der Waals surface area contributed by atoms with E-state index in [1.54, 1.807) is 0 Å². The molecule has 1 unspecified atom stereocenters. The van der Waals surface area contributed by atoms with Crippen LogP contribution in [0.1, 0.15) is 32.1 Å². The van der Waals surface area contributed by atoms with Crippen molar-refractivity contribution in [3.05, 3.63) is 36.7 Å². The number of rotatable bonds is 12. The summed E-state index contributed by atoms with van der Waals surface area (Å²) in [6.45, 7) is 3.68. The fourth-order valence-electron chi connectivity index (χ4n) is 2.53. The Hall–Kier alpha value is -2.09. The zero-order chi connectivity index (χ0) is 19.6. The van der Waals surface area contributed by atoms with Gasteiger partial charge in [-0.25, -0.2) is 4.39 Å². The minimum Gasteiger partial charge on any atom is -0.403 e. The van der Waals surface area contributed by atoms with Crippen LogP contribution in [-0.2, 0) is 9.53 Å². The van der Waals surface area contributed by atoms with Gasteiger partial charge in [0.15, 0.2) is 11.6 Å². The van der Waals surface area contributed by atoms with Gasteiger partial charge < -0.3 is 19.6 Å². The van der Waals surface area contributed by atoms with Crippen molar-refractivity contribution < 1.29 is 31.8 Å². The smallest absolute Gasteiger partial charge is 0.403 e. The van der Waals surface area contributed by atoms with Crippen molar-refractivity contribution in [3.8, 4) is 5.75 Å². The lowest BCUT2D eigenvalue weighted by Gasteiger charge is -2.30. The Labute approximate surface area is 150 Å². The number of methoxy groups -OCH3 is 1. The molecule has 0 bridgehead atoms. The summed E-state index contributed by atoms with van der Waals surface area (Å²) in [5, 5.41) is 2.87. The maximum Gasteiger partial charge on any atom is 0.573 e. The number of alkyl halides is 3. The third-order valence-electron chi connectivity index (χ3n) is 3.71. The number of nitrogens with one attached hydrogen (secondary N) is 1. The van der Waals surface area contributed by atoms with Crippen molar-refractivity contribution in [2.45, 2.75) is 44.0 Å². The second-order valence-electron chi connectivity index (χ2n) is 5.91. The van der Waals surface area contributed by atoms with E-state index in [1.807, 2.05) is 6.08 Å². The third kappa shape index (κ3) is 7.43. The summed E-state index contributed by atoms with van der Waals surface area (Å²) < 4.78 is 59.1. The van der Waals surface area contributed by atoms with E-state index in [2.05, 4.69) is 16.6 Å². The van der Waals surface area contributed by atoms with E-state index in [4.69, 9.17) is 4.74 Å². The quantitative estimate of drug-likeness (QED) is 0.245. The largest absolute Gasteiger partial charge is 0.573 e. The number of benzene rings is 1. The molecule has 1 rings (SSSR count). The fraction of sp³-hybridized carbons (Fsp3) is 0.500. The molecule has 146 valence electrons. The number of ether oxygens (including phenoxy) is 2. The molecule has 0 aromatic heterocycles. The molecule has 8 heteroatoms. The van der Waals surface area contributed by atoms with E-state index >= 15 is 0 Å². The highest BCUT2D eigenvalue weighted by Gasteiger charge is 2.33. The first kappa shape index (κ1) is 22.0. The number of unbranched alkanes of at least 4 members (excludes halogenated alkanes) is 3. The van der Waals surface area contributed by atoms with Gasteiger partial charge in [0.1, 0.15) is 11.8 Å². The molecule has 0 fully saturated rings. The predicted octanol–water partition coefficient (Wildman–Crippen LogP) is 4.86. The summed E-state index contributed by atoms with van der Waals surface area (Å²) >= 11 is 0. The van der Waals surface area contributed by atoms with Gasteiger partial charge in [-0.05, 0) is 31.4 Å². The van der Waals surface area contributed by atoms with Gasteiger partial charge in [0, 0.05) is 18.9 Å². The van der Waals surface area contributed by atoms with Crippen molar-refractivity contribution in [3.63, 3.8) is 0 Å². The van der Waals surface area contributed by atoms with Crippen LogP contribution in [0.3, 0.4) is 0 Å². The standard InChI is InChI=1S/C18H23F4NO3/c1-3-4-5-6-7-10-17(12-24,13-25-2)23-14-8-9-16(15(19)11-14)26-18(20,21)22/h3,8-9,11-12,23H,1,4-7,10,13H2,2H3. The van der Waals surface area contributed by atoms with Crippen molar-refractivity contribution in [1.82, 2.24) is 0 Å². The second-order valence-corrected chi connectivity index (χ2v) is 5.91. The molecule has 0 radical (unpaired) electrons. The SMILES string of the molecule is C=CCCCCCC(C=O)(COC)Nc1ccc(OC(F)(F)F)c(F)c1. The summed E-state index contributed by atoms with van der Waals surface area (Å²) in [5.41, 5.74) is -0.936. The number of allylic oxidation sites excluding steroid dienone is 1. The number of aldehydes is 1. The monoisotopic (exact) mass is 377 g/mol. The molecule has 1 atom stereocenters. The Kier molecular flexibility index (Phi) is 8.57. The predicted molar refractivity (Wildman–Crippen MR) is 90.7 cm³/mol. The molecule has 0 aliphatic rings. The lowest BCUT2D eigenvalue weighted by Crippen LogP contribution is -2.44. The van der Waals surface area contributed by atoms with Gasteiger partial charge in [0.05, 0.1) is 6.61 Å². The van der Waals surface area contributed by atoms with Gasteiger partial charge in [-0.1, -0.05) is 18.9 Å². The number of carbonyl (C=O) groups is 1. The molecule has 1 aromatic rings. The fourth-order valence-corrected chi connectivity index (χ4v) is 2.53. The molecule has 0 amide bonds.